The molecule has 4 rings (SSSR count). The van der Waals surface area contributed by atoms with Gasteiger partial charge in [0.25, 0.3) is 5.56 Å². The molecule has 0 aliphatic heterocycles. The lowest BCUT2D eigenvalue weighted by Gasteiger charge is -2.15. The fourth-order valence-corrected chi connectivity index (χ4v) is 4.06. The van der Waals surface area contributed by atoms with Crippen LogP contribution in [0.5, 0.6) is 0 Å². The third kappa shape index (κ3) is 3.16. The topological polar surface area (TPSA) is 74.2 Å². The summed E-state index contributed by atoms with van der Waals surface area (Å²) in [6.45, 7) is 4.37. The minimum absolute atomic E-state index is 0.00461. The van der Waals surface area contributed by atoms with Gasteiger partial charge < -0.3 is 0 Å². The number of hydrogen-bond donors (Lipinski definition) is 0. The number of fused-ring (bicyclic) bond motifs is 2. The summed E-state index contributed by atoms with van der Waals surface area (Å²) in [5, 5.41) is 5.61. The molecule has 138 valence electrons. The molecule has 8 heteroatoms. The summed E-state index contributed by atoms with van der Waals surface area (Å²) in [5.41, 5.74) is 1.10. The number of rotatable bonds is 5. The highest BCUT2D eigenvalue weighted by molar-refractivity contribution is 7.99. The number of para-hydroxylation sites is 1. The van der Waals surface area contributed by atoms with Crippen molar-refractivity contribution in [2.45, 2.75) is 31.6 Å². The van der Waals surface area contributed by atoms with Crippen LogP contribution >= 0.6 is 11.8 Å². The molecule has 3 heterocycles. The van der Waals surface area contributed by atoms with E-state index in [9.17, 15) is 9.59 Å². The highest BCUT2D eigenvalue weighted by Crippen LogP contribution is 2.20. The van der Waals surface area contributed by atoms with Gasteiger partial charge in [0.2, 0.25) is 0 Å². The van der Waals surface area contributed by atoms with Gasteiger partial charge in [-0.15, -0.1) is 5.10 Å². The van der Waals surface area contributed by atoms with E-state index in [0.29, 0.717) is 34.0 Å². The van der Waals surface area contributed by atoms with Gasteiger partial charge in [-0.3, -0.25) is 13.8 Å². The molecule has 0 unspecified atom stereocenters. The molecule has 1 aromatic carbocycles. The summed E-state index contributed by atoms with van der Waals surface area (Å²) in [4.78, 5) is 29.9. The quantitative estimate of drug-likeness (QED) is 0.392. The van der Waals surface area contributed by atoms with E-state index in [0.717, 1.165) is 0 Å². The first kappa shape index (κ1) is 17.5. The van der Waals surface area contributed by atoms with E-state index in [-0.39, 0.29) is 17.3 Å². The van der Waals surface area contributed by atoms with E-state index < -0.39 is 0 Å². The fourth-order valence-electron chi connectivity index (χ4n) is 3.02. The Labute approximate surface area is 159 Å². The summed E-state index contributed by atoms with van der Waals surface area (Å²) in [6.07, 6.45) is 1.70. The molecule has 0 saturated heterocycles. The molecule has 27 heavy (non-hydrogen) atoms. The number of benzene rings is 1. The zero-order valence-electron chi connectivity index (χ0n) is 15.1. The Balaban J connectivity index is 1.63. The van der Waals surface area contributed by atoms with Crippen molar-refractivity contribution >= 4 is 28.3 Å². The molecule has 0 aliphatic carbocycles. The van der Waals surface area contributed by atoms with Crippen LogP contribution in [0.4, 0.5) is 0 Å². The molecule has 3 aromatic heterocycles. The van der Waals surface area contributed by atoms with Crippen molar-refractivity contribution in [3.8, 4) is 0 Å². The third-order valence-corrected chi connectivity index (χ3v) is 5.25. The number of nitrogens with zero attached hydrogens (tertiary/aromatic N) is 5. The molecule has 0 amide bonds. The molecule has 0 saturated carbocycles. The second kappa shape index (κ2) is 7.03. The van der Waals surface area contributed by atoms with Crippen molar-refractivity contribution in [1.29, 1.82) is 0 Å². The van der Waals surface area contributed by atoms with Crippen molar-refractivity contribution in [3.63, 3.8) is 0 Å². The first-order chi connectivity index (χ1) is 13.1. The minimum Gasteiger partial charge on any atom is -0.285 e. The predicted molar refractivity (Wildman–Crippen MR) is 107 cm³/mol. The standard InChI is InChI=1S/C19H19N5O2S/c1-13(2)24-17(25)14-7-3-4-8-15(14)20-18(24)27-12-11-23-19(26)22-10-6-5-9-16(22)21-23/h3-10,13H,11-12H2,1-2H3. The summed E-state index contributed by atoms with van der Waals surface area (Å²) in [6, 6.07) is 12.8. The normalized spacial score (nSPS) is 11.7. The van der Waals surface area contributed by atoms with Crippen LogP contribution < -0.4 is 11.2 Å². The smallest absolute Gasteiger partial charge is 0.285 e. The molecule has 0 atom stereocenters. The Morgan fingerprint density at radius 2 is 1.85 bits per heavy atom. The molecule has 0 spiro atoms. The lowest BCUT2D eigenvalue weighted by molar-refractivity contribution is 0.518. The van der Waals surface area contributed by atoms with Gasteiger partial charge in [-0.2, -0.15) is 0 Å². The number of thioether (sulfide) groups is 1. The number of aryl methyl sites for hydroxylation is 1. The Kier molecular flexibility index (Phi) is 4.57. The minimum atomic E-state index is -0.168. The molecule has 0 radical (unpaired) electrons. The van der Waals surface area contributed by atoms with Gasteiger partial charge in [0.15, 0.2) is 10.8 Å². The van der Waals surface area contributed by atoms with Gasteiger partial charge >= 0.3 is 5.69 Å². The molecule has 0 N–H and O–H groups in total. The summed E-state index contributed by atoms with van der Waals surface area (Å²) >= 11 is 1.46. The molecule has 0 aliphatic rings. The van der Waals surface area contributed by atoms with Crippen molar-refractivity contribution in [3.05, 3.63) is 69.5 Å². The monoisotopic (exact) mass is 381 g/mol. The maximum absolute atomic E-state index is 12.8. The van der Waals surface area contributed by atoms with E-state index in [4.69, 9.17) is 0 Å². The molecule has 0 fully saturated rings. The summed E-state index contributed by atoms with van der Waals surface area (Å²) in [7, 11) is 0. The SMILES string of the molecule is CC(C)n1c(SCCn2nc3ccccn3c2=O)nc2ccccc2c1=O. The first-order valence-electron chi connectivity index (χ1n) is 8.74. The van der Waals surface area contributed by atoms with Crippen molar-refractivity contribution < 1.29 is 0 Å². The maximum atomic E-state index is 12.8. The van der Waals surface area contributed by atoms with Crippen molar-refractivity contribution in [1.82, 2.24) is 23.7 Å². The average molecular weight is 381 g/mol. The first-order valence-corrected chi connectivity index (χ1v) is 9.73. The lowest BCUT2D eigenvalue weighted by atomic mass is 10.2. The molecule has 4 aromatic rings. The van der Waals surface area contributed by atoms with Gasteiger partial charge in [0, 0.05) is 18.0 Å². The van der Waals surface area contributed by atoms with Gasteiger partial charge in [-0.05, 0) is 38.1 Å². The predicted octanol–water partition coefficient (Wildman–Crippen LogP) is 2.58. The van der Waals surface area contributed by atoms with Crippen LogP contribution in [0.3, 0.4) is 0 Å². The molecular formula is C19H19N5O2S. The van der Waals surface area contributed by atoms with Crippen LogP contribution in [0.15, 0.2) is 63.4 Å². The van der Waals surface area contributed by atoms with Crippen LogP contribution in [-0.2, 0) is 6.54 Å². The van der Waals surface area contributed by atoms with Crippen LogP contribution in [0.25, 0.3) is 16.6 Å². The van der Waals surface area contributed by atoms with Crippen LogP contribution in [0.2, 0.25) is 0 Å². The zero-order valence-corrected chi connectivity index (χ0v) is 15.9. The lowest BCUT2D eigenvalue weighted by Crippen LogP contribution is -2.25. The maximum Gasteiger partial charge on any atom is 0.350 e. The molecular weight excluding hydrogens is 362 g/mol. The largest absolute Gasteiger partial charge is 0.350 e. The fraction of sp³-hybridized carbons (Fsp3) is 0.263. The second-order valence-corrected chi connectivity index (χ2v) is 7.53. The second-order valence-electron chi connectivity index (χ2n) is 6.46. The number of hydrogen-bond acceptors (Lipinski definition) is 5. The number of pyridine rings is 1. The Bertz CT molecular complexity index is 1240. The van der Waals surface area contributed by atoms with Crippen LogP contribution in [0, 0.1) is 0 Å². The van der Waals surface area contributed by atoms with Gasteiger partial charge in [0.05, 0.1) is 17.4 Å². The Morgan fingerprint density at radius 1 is 1.07 bits per heavy atom. The van der Waals surface area contributed by atoms with Gasteiger partial charge in [-0.1, -0.05) is 30.0 Å². The summed E-state index contributed by atoms with van der Waals surface area (Å²) in [5.74, 6) is 0.585. The van der Waals surface area contributed by atoms with E-state index in [2.05, 4.69) is 10.1 Å². The Hall–Kier alpha value is -2.87. The zero-order chi connectivity index (χ0) is 19.0. The van der Waals surface area contributed by atoms with Gasteiger partial charge in [0.1, 0.15) is 0 Å². The summed E-state index contributed by atoms with van der Waals surface area (Å²) < 4.78 is 4.67. The van der Waals surface area contributed by atoms with E-state index in [1.54, 1.807) is 29.0 Å². The highest BCUT2D eigenvalue weighted by atomic mass is 32.2. The third-order valence-electron chi connectivity index (χ3n) is 4.31. The number of aromatic nitrogens is 5. The Morgan fingerprint density at radius 3 is 2.63 bits per heavy atom. The van der Waals surface area contributed by atoms with Crippen molar-refractivity contribution in [2.24, 2.45) is 0 Å². The highest BCUT2D eigenvalue weighted by Gasteiger charge is 2.14. The average Bonchev–Trinajstić information content (AvgIpc) is 2.98. The van der Waals surface area contributed by atoms with Crippen molar-refractivity contribution in [2.75, 3.05) is 5.75 Å². The van der Waals surface area contributed by atoms with E-state index in [1.807, 2.05) is 38.1 Å². The molecule has 0 bridgehead atoms. The van der Waals surface area contributed by atoms with Crippen LogP contribution in [-0.4, -0.2) is 29.5 Å². The molecule has 7 nitrogen and oxygen atoms in total. The van der Waals surface area contributed by atoms with Gasteiger partial charge in [-0.25, -0.2) is 14.5 Å². The van der Waals surface area contributed by atoms with E-state index >= 15 is 0 Å². The van der Waals surface area contributed by atoms with Crippen LogP contribution in [0.1, 0.15) is 19.9 Å². The van der Waals surface area contributed by atoms with E-state index in [1.165, 1.54) is 20.8 Å².